The lowest BCUT2D eigenvalue weighted by Gasteiger charge is -2.03. The first-order valence-corrected chi connectivity index (χ1v) is 6.02. The van der Waals surface area contributed by atoms with E-state index in [4.69, 9.17) is 22.3 Å². The number of nitrogens with two attached hydrogens (primary N) is 3. The second-order valence-corrected chi connectivity index (χ2v) is 3.96. The average molecular weight is 267 g/mol. The monoisotopic (exact) mass is 267 g/mol. The second kappa shape index (κ2) is 10.0. The smallest absolute Gasteiger partial charge is 0.320 e. The van der Waals surface area contributed by atoms with E-state index < -0.39 is 12.0 Å². The van der Waals surface area contributed by atoms with E-state index in [0.717, 1.165) is 12.8 Å². The van der Waals surface area contributed by atoms with Crippen molar-refractivity contribution in [2.24, 2.45) is 17.2 Å². The summed E-state index contributed by atoms with van der Waals surface area (Å²) < 4.78 is 0. The van der Waals surface area contributed by atoms with Crippen molar-refractivity contribution in [2.45, 2.75) is 25.3 Å². The molecule has 0 bridgehead atoms. The number of rotatable bonds is 6. The maximum absolute atomic E-state index is 10.4. The van der Waals surface area contributed by atoms with Gasteiger partial charge in [-0.1, -0.05) is 24.6 Å². The van der Waals surface area contributed by atoms with E-state index in [1.54, 1.807) is 24.3 Å². The Kier molecular flexibility index (Phi) is 9.03. The van der Waals surface area contributed by atoms with Crippen LogP contribution in [-0.4, -0.2) is 29.6 Å². The van der Waals surface area contributed by atoms with Gasteiger partial charge in [0.25, 0.3) is 0 Å². The van der Waals surface area contributed by atoms with Crippen molar-refractivity contribution in [1.29, 1.82) is 0 Å². The van der Waals surface area contributed by atoms with Crippen LogP contribution in [0.5, 0.6) is 0 Å². The third-order valence-corrected chi connectivity index (χ3v) is 2.34. The van der Waals surface area contributed by atoms with Crippen LogP contribution in [0, 0.1) is 0 Å². The van der Waals surface area contributed by atoms with E-state index >= 15 is 0 Å². The summed E-state index contributed by atoms with van der Waals surface area (Å²) in [5, 5.41) is 8.33. The van der Waals surface area contributed by atoms with Crippen molar-refractivity contribution in [2.75, 3.05) is 6.54 Å². The van der Waals surface area contributed by atoms with Gasteiger partial charge in [0.15, 0.2) is 0 Å². The molecule has 1 atom stereocenters. The molecular weight excluding hydrogens is 246 g/mol. The number of hydrogen-bond acceptors (Lipinski definition) is 4. The molecule has 0 saturated heterocycles. The molecule has 0 spiro atoms. The first-order valence-electron chi connectivity index (χ1n) is 6.02. The van der Waals surface area contributed by atoms with Crippen molar-refractivity contribution in [3.8, 4) is 0 Å². The Morgan fingerprint density at radius 3 is 2.11 bits per heavy atom. The molecule has 0 fully saturated rings. The normalized spacial score (nSPS) is 11.1. The number of carbonyl (C=O) groups is 2. The number of hydrogen-bond donors (Lipinski definition) is 4. The number of primary amides is 1. The van der Waals surface area contributed by atoms with Crippen LogP contribution in [0.2, 0.25) is 0 Å². The van der Waals surface area contributed by atoms with Gasteiger partial charge in [0.2, 0.25) is 5.91 Å². The standard InChI is InChI=1S/C7H7NO.C6H14N2O2/c8-7(9)6-4-2-1-3-5-6;7-4-2-1-3-5(8)6(9)10/h1-5H,(H2,8,9);5H,1-4,7-8H2,(H,9,10). The summed E-state index contributed by atoms with van der Waals surface area (Å²) >= 11 is 0. The third kappa shape index (κ3) is 8.76. The topological polar surface area (TPSA) is 132 Å². The van der Waals surface area contributed by atoms with Gasteiger partial charge in [0, 0.05) is 5.56 Å². The predicted octanol–water partition coefficient (Wildman–Crippen LogP) is 0.313. The molecule has 0 aliphatic rings. The number of unbranched alkanes of at least 4 members (excludes halogenated alkanes) is 1. The molecule has 0 heterocycles. The Hall–Kier alpha value is -1.92. The first kappa shape index (κ1) is 17.1. The van der Waals surface area contributed by atoms with Gasteiger partial charge >= 0.3 is 5.97 Å². The number of aliphatic carboxylic acids is 1. The van der Waals surface area contributed by atoms with Gasteiger partial charge in [-0.2, -0.15) is 0 Å². The lowest BCUT2D eigenvalue weighted by atomic mass is 10.1. The lowest BCUT2D eigenvalue weighted by molar-refractivity contribution is -0.138. The van der Waals surface area contributed by atoms with Gasteiger partial charge in [-0.05, 0) is 31.5 Å². The molecule has 1 aromatic carbocycles. The fourth-order valence-corrected chi connectivity index (χ4v) is 1.23. The Balaban J connectivity index is 0.000000342. The molecule has 0 aromatic heterocycles. The fraction of sp³-hybridized carbons (Fsp3) is 0.385. The summed E-state index contributed by atoms with van der Waals surface area (Å²) in [5.74, 6) is -1.31. The Labute approximate surface area is 112 Å². The fourth-order valence-electron chi connectivity index (χ4n) is 1.23. The minimum atomic E-state index is -0.933. The van der Waals surface area contributed by atoms with Gasteiger partial charge in [0.1, 0.15) is 6.04 Å². The lowest BCUT2D eigenvalue weighted by Crippen LogP contribution is -2.29. The maximum atomic E-state index is 10.4. The molecule has 6 nitrogen and oxygen atoms in total. The van der Waals surface area contributed by atoms with E-state index in [1.807, 2.05) is 6.07 Å². The zero-order chi connectivity index (χ0) is 14.7. The van der Waals surface area contributed by atoms with Gasteiger partial charge in [-0.3, -0.25) is 9.59 Å². The van der Waals surface area contributed by atoms with Crippen LogP contribution in [-0.2, 0) is 4.79 Å². The van der Waals surface area contributed by atoms with Crippen molar-refractivity contribution >= 4 is 11.9 Å². The van der Waals surface area contributed by atoms with Crippen molar-refractivity contribution in [3.63, 3.8) is 0 Å². The van der Waals surface area contributed by atoms with Crippen LogP contribution in [0.3, 0.4) is 0 Å². The Morgan fingerprint density at radius 1 is 1.16 bits per heavy atom. The number of benzene rings is 1. The first-order chi connectivity index (χ1) is 8.99. The molecule has 0 aliphatic carbocycles. The van der Waals surface area contributed by atoms with Crippen molar-refractivity contribution < 1.29 is 14.7 Å². The van der Waals surface area contributed by atoms with E-state index in [0.29, 0.717) is 18.5 Å². The highest BCUT2D eigenvalue weighted by molar-refractivity contribution is 5.92. The number of carbonyl (C=O) groups excluding carboxylic acids is 1. The molecule has 0 aliphatic heterocycles. The minimum absolute atomic E-state index is 0.379. The van der Waals surface area contributed by atoms with Gasteiger partial charge in [-0.25, -0.2) is 0 Å². The summed E-state index contributed by atoms with van der Waals surface area (Å²) in [7, 11) is 0. The highest BCUT2D eigenvalue weighted by Crippen LogP contribution is 1.97. The average Bonchev–Trinajstić information content (AvgIpc) is 2.40. The molecular formula is C13H21N3O3. The van der Waals surface area contributed by atoms with Gasteiger partial charge in [0.05, 0.1) is 0 Å². The largest absolute Gasteiger partial charge is 0.480 e. The van der Waals surface area contributed by atoms with Crippen LogP contribution in [0.25, 0.3) is 0 Å². The summed E-state index contributed by atoms with van der Waals surface area (Å²) in [5.41, 5.74) is 15.9. The van der Waals surface area contributed by atoms with Crippen molar-refractivity contribution in [1.82, 2.24) is 0 Å². The summed E-state index contributed by atoms with van der Waals surface area (Å²) in [6, 6.07) is 8.05. The Bertz CT molecular complexity index is 382. The van der Waals surface area contributed by atoms with E-state index in [1.165, 1.54) is 0 Å². The van der Waals surface area contributed by atoms with Crippen LogP contribution < -0.4 is 17.2 Å². The molecule has 1 aromatic rings. The molecule has 106 valence electrons. The highest BCUT2D eigenvalue weighted by atomic mass is 16.4. The third-order valence-electron chi connectivity index (χ3n) is 2.34. The molecule has 7 N–H and O–H groups in total. The Morgan fingerprint density at radius 2 is 1.74 bits per heavy atom. The highest BCUT2D eigenvalue weighted by Gasteiger charge is 2.09. The van der Waals surface area contributed by atoms with Gasteiger partial charge in [-0.15, -0.1) is 0 Å². The predicted molar refractivity (Wildman–Crippen MR) is 73.5 cm³/mol. The van der Waals surface area contributed by atoms with Crippen LogP contribution in [0.15, 0.2) is 30.3 Å². The molecule has 19 heavy (non-hydrogen) atoms. The summed E-state index contributed by atoms with van der Waals surface area (Å²) in [4.78, 5) is 20.6. The van der Waals surface area contributed by atoms with Crippen molar-refractivity contribution in [3.05, 3.63) is 35.9 Å². The maximum Gasteiger partial charge on any atom is 0.320 e. The van der Waals surface area contributed by atoms with E-state index in [2.05, 4.69) is 0 Å². The summed E-state index contributed by atoms with van der Waals surface area (Å²) in [6.45, 7) is 0.604. The van der Waals surface area contributed by atoms with Crippen LogP contribution in [0.4, 0.5) is 0 Å². The molecule has 6 heteroatoms. The SMILES string of the molecule is NC(=O)c1ccccc1.NCCCCC(N)C(=O)O. The quantitative estimate of drug-likeness (QED) is 0.551. The molecule has 1 rings (SSSR count). The number of amides is 1. The second-order valence-electron chi connectivity index (χ2n) is 3.96. The number of carboxylic acids is 1. The zero-order valence-corrected chi connectivity index (χ0v) is 10.8. The van der Waals surface area contributed by atoms with Crippen LogP contribution in [0.1, 0.15) is 29.6 Å². The zero-order valence-electron chi connectivity index (χ0n) is 10.8. The summed E-state index contributed by atoms with van der Waals surface area (Å²) in [6.07, 6.45) is 2.16. The van der Waals surface area contributed by atoms with E-state index in [-0.39, 0.29) is 5.91 Å². The minimum Gasteiger partial charge on any atom is -0.480 e. The molecule has 1 amide bonds. The number of carboxylic acid groups (broad SMARTS) is 1. The molecule has 0 radical (unpaired) electrons. The van der Waals surface area contributed by atoms with Gasteiger partial charge < -0.3 is 22.3 Å². The molecule has 1 unspecified atom stereocenters. The van der Waals surface area contributed by atoms with E-state index in [9.17, 15) is 9.59 Å². The molecule has 0 saturated carbocycles. The van der Waals surface area contributed by atoms with Crippen LogP contribution >= 0.6 is 0 Å².